The van der Waals surface area contributed by atoms with Crippen molar-refractivity contribution in [2.75, 3.05) is 18.0 Å². The molecule has 146 valence electrons. The van der Waals surface area contributed by atoms with E-state index in [1.807, 2.05) is 5.38 Å². The lowest BCUT2D eigenvalue weighted by Gasteiger charge is -2.27. The van der Waals surface area contributed by atoms with Crippen LogP contribution in [0, 0.1) is 5.92 Å². The van der Waals surface area contributed by atoms with E-state index in [4.69, 9.17) is 0 Å². The standard InChI is InChI=1S/C19H22F3N3OS/c1-13-5-4-8-24(10-13)11-16-12-27-18(23-16)25(14(2)26)17-7-3-6-15(9-17)19(20,21)22/h3,6-7,9,12-13H,4-5,8,10-11H2,1-2H3/p+1/t13-/m0/s1. The van der Waals surface area contributed by atoms with Crippen LogP contribution < -0.4 is 9.80 Å². The van der Waals surface area contributed by atoms with Gasteiger partial charge in [-0.05, 0) is 31.0 Å². The van der Waals surface area contributed by atoms with Crippen molar-refractivity contribution < 1.29 is 22.9 Å². The fourth-order valence-electron chi connectivity index (χ4n) is 3.54. The van der Waals surface area contributed by atoms with E-state index in [9.17, 15) is 18.0 Å². The normalized spacial score (nSPS) is 20.5. The van der Waals surface area contributed by atoms with Crippen LogP contribution in [0.4, 0.5) is 24.0 Å². The summed E-state index contributed by atoms with van der Waals surface area (Å²) >= 11 is 1.28. The van der Waals surface area contributed by atoms with Crippen molar-refractivity contribution in [3.8, 4) is 0 Å². The summed E-state index contributed by atoms with van der Waals surface area (Å²) in [5, 5.41) is 2.30. The lowest BCUT2D eigenvalue weighted by Crippen LogP contribution is -3.12. The average Bonchev–Trinajstić information content (AvgIpc) is 3.02. The molecule has 1 fully saturated rings. The summed E-state index contributed by atoms with van der Waals surface area (Å²) in [6.07, 6.45) is -2.02. The zero-order chi connectivity index (χ0) is 19.6. The molecule has 0 aliphatic carbocycles. The monoisotopic (exact) mass is 398 g/mol. The molecule has 1 saturated heterocycles. The fraction of sp³-hybridized carbons (Fsp3) is 0.474. The van der Waals surface area contributed by atoms with Crippen molar-refractivity contribution in [1.29, 1.82) is 0 Å². The molecule has 0 radical (unpaired) electrons. The second kappa shape index (κ2) is 7.98. The van der Waals surface area contributed by atoms with Crippen LogP contribution in [0.3, 0.4) is 0 Å². The highest BCUT2D eigenvalue weighted by molar-refractivity contribution is 7.14. The van der Waals surface area contributed by atoms with Crippen LogP contribution in [0.5, 0.6) is 0 Å². The van der Waals surface area contributed by atoms with Gasteiger partial charge in [0.05, 0.1) is 24.3 Å². The van der Waals surface area contributed by atoms with Gasteiger partial charge in [0.15, 0.2) is 5.13 Å². The Morgan fingerprint density at radius 2 is 2.19 bits per heavy atom. The second-order valence-corrected chi connectivity index (χ2v) is 7.99. The number of thiazole rings is 1. The molecular formula is C19H23F3N3OS+. The van der Waals surface area contributed by atoms with Gasteiger partial charge in [0, 0.05) is 18.2 Å². The maximum atomic E-state index is 13.0. The van der Waals surface area contributed by atoms with E-state index in [1.165, 1.54) is 53.0 Å². The van der Waals surface area contributed by atoms with Gasteiger partial charge in [-0.3, -0.25) is 9.69 Å². The van der Waals surface area contributed by atoms with Gasteiger partial charge in [0.2, 0.25) is 5.91 Å². The molecule has 8 heteroatoms. The quantitative estimate of drug-likeness (QED) is 0.854. The highest BCUT2D eigenvalue weighted by Crippen LogP contribution is 2.34. The molecule has 1 N–H and O–H groups in total. The first-order valence-corrected chi connectivity index (χ1v) is 9.88. The molecule has 27 heavy (non-hydrogen) atoms. The van der Waals surface area contributed by atoms with Gasteiger partial charge in [0.25, 0.3) is 0 Å². The average molecular weight is 398 g/mol. The number of benzene rings is 1. The first kappa shape index (κ1) is 19.8. The molecule has 2 atom stereocenters. The van der Waals surface area contributed by atoms with Crippen molar-refractivity contribution in [3.05, 3.63) is 40.9 Å². The highest BCUT2D eigenvalue weighted by Gasteiger charge is 2.31. The van der Waals surface area contributed by atoms with E-state index in [-0.39, 0.29) is 11.6 Å². The van der Waals surface area contributed by atoms with E-state index in [2.05, 4.69) is 11.9 Å². The van der Waals surface area contributed by atoms with Gasteiger partial charge in [-0.1, -0.05) is 13.0 Å². The molecule has 4 nitrogen and oxygen atoms in total. The Morgan fingerprint density at radius 3 is 2.85 bits per heavy atom. The van der Waals surface area contributed by atoms with Crippen molar-refractivity contribution >= 4 is 28.1 Å². The van der Waals surface area contributed by atoms with Crippen LogP contribution in [-0.4, -0.2) is 24.0 Å². The number of halogens is 3. The van der Waals surface area contributed by atoms with E-state index in [0.717, 1.165) is 37.5 Å². The Bertz CT molecular complexity index is 805. The van der Waals surface area contributed by atoms with Crippen LogP contribution in [0.15, 0.2) is 29.6 Å². The number of nitrogens with zero attached hydrogens (tertiary/aromatic N) is 2. The number of carbonyl (C=O) groups excluding carboxylic acids is 1. The summed E-state index contributed by atoms with van der Waals surface area (Å²) in [5.74, 6) is 0.319. The number of carbonyl (C=O) groups is 1. The van der Waals surface area contributed by atoms with E-state index in [0.29, 0.717) is 11.0 Å². The fourth-order valence-corrected chi connectivity index (χ4v) is 4.43. The van der Waals surface area contributed by atoms with Crippen LogP contribution in [0.1, 0.15) is 37.9 Å². The molecule has 1 aromatic heterocycles. The molecule has 1 unspecified atom stereocenters. The number of alkyl halides is 3. The predicted octanol–water partition coefficient (Wildman–Crippen LogP) is 3.66. The number of rotatable bonds is 4. The molecule has 0 saturated carbocycles. The number of hydrogen-bond donors (Lipinski definition) is 1. The van der Waals surface area contributed by atoms with E-state index in [1.54, 1.807) is 0 Å². The van der Waals surface area contributed by atoms with Gasteiger partial charge in [-0.15, -0.1) is 11.3 Å². The summed E-state index contributed by atoms with van der Waals surface area (Å²) in [6, 6.07) is 4.78. The molecule has 3 rings (SSSR count). The summed E-state index contributed by atoms with van der Waals surface area (Å²) in [6.45, 7) is 6.54. The number of hydrogen-bond acceptors (Lipinski definition) is 3. The zero-order valence-electron chi connectivity index (χ0n) is 15.3. The molecule has 0 bridgehead atoms. The Hall–Kier alpha value is -1.93. The lowest BCUT2D eigenvalue weighted by atomic mass is 10.0. The summed E-state index contributed by atoms with van der Waals surface area (Å²) in [5.41, 5.74) is 0.268. The minimum absolute atomic E-state index is 0.178. The maximum absolute atomic E-state index is 13.0. The number of anilines is 2. The van der Waals surface area contributed by atoms with Crippen LogP contribution in [0.25, 0.3) is 0 Å². The number of quaternary nitrogens is 1. The van der Waals surface area contributed by atoms with E-state index >= 15 is 0 Å². The molecule has 0 spiro atoms. The number of likely N-dealkylation sites (tertiary alicyclic amines) is 1. The Labute approximate surface area is 160 Å². The summed E-state index contributed by atoms with van der Waals surface area (Å²) in [7, 11) is 0. The van der Waals surface area contributed by atoms with Crippen LogP contribution >= 0.6 is 11.3 Å². The third kappa shape index (κ3) is 4.87. The summed E-state index contributed by atoms with van der Waals surface area (Å²) < 4.78 is 39.0. The number of nitrogens with one attached hydrogen (secondary N) is 1. The minimum atomic E-state index is -4.46. The smallest absolute Gasteiger partial charge is 0.330 e. The van der Waals surface area contributed by atoms with Crippen LogP contribution in [0.2, 0.25) is 0 Å². The van der Waals surface area contributed by atoms with Gasteiger partial charge in [-0.2, -0.15) is 13.2 Å². The Morgan fingerprint density at radius 1 is 1.41 bits per heavy atom. The van der Waals surface area contributed by atoms with Crippen LogP contribution in [-0.2, 0) is 17.5 Å². The SMILES string of the molecule is CC(=O)N(c1cccc(C(F)(F)F)c1)c1nc(C[NH+]2CCC[C@H](C)C2)cs1. The second-order valence-electron chi connectivity index (χ2n) is 7.15. The zero-order valence-corrected chi connectivity index (χ0v) is 16.2. The van der Waals surface area contributed by atoms with Gasteiger partial charge in [0.1, 0.15) is 12.2 Å². The molecule has 2 heterocycles. The van der Waals surface area contributed by atoms with Crippen molar-refractivity contribution in [3.63, 3.8) is 0 Å². The van der Waals surface area contributed by atoms with Crippen molar-refractivity contribution in [1.82, 2.24) is 4.98 Å². The third-order valence-corrected chi connectivity index (χ3v) is 5.65. The summed E-state index contributed by atoms with van der Waals surface area (Å²) in [4.78, 5) is 19.4. The molecule has 1 amide bonds. The predicted molar refractivity (Wildman–Crippen MR) is 99.2 cm³/mol. The van der Waals surface area contributed by atoms with E-state index < -0.39 is 11.7 Å². The first-order valence-electron chi connectivity index (χ1n) is 9.00. The van der Waals surface area contributed by atoms with Gasteiger partial charge < -0.3 is 4.90 Å². The van der Waals surface area contributed by atoms with Gasteiger partial charge >= 0.3 is 6.18 Å². The number of aromatic nitrogens is 1. The molecule has 2 aromatic rings. The van der Waals surface area contributed by atoms with Crippen molar-refractivity contribution in [2.45, 2.75) is 39.4 Å². The lowest BCUT2D eigenvalue weighted by molar-refractivity contribution is -0.922. The van der Waals surface area contributed by atoms with Crippen molar-refractivity contribution in [2.24, 2.45) is 5.92 Å². The van der Waals surface area contributed by atoms with Gasteiger partial charge in [-0.25, -0.2) is 4.98 Å². The molecule has 1 aromatic carbocycles. The number of piperidine rings is 1. The Balaban J connectivity index is 1.82. The third-order valence-electron chi connectivity index (χ3n) is 4.77. The minimum Gasteiger partial charge on any atom is -0.330 e. The molecule has 1 aliphatic heterocycles. The number of amides is 1. The largest absolute Gasteiger partial charge is 0.416 e. The molecule has 1 aliphatic rings. The first-order chi connectivity index (χ1) is 12.7. The topological polar surface area (TPSA) is 37.6 Å². The molecular weight excluding hydrogens is 375 g/mol. The maximum Gasteiger partial charge on any atom is 0.416 e. The Kier molecular flexibility index (Phi) is 5.86. The highest BCUT2D eigenvalue weighted by atomic mass is 32.1.